The predicted molar refractivity (Wildman–Crippen MR) is 116 cm³/mol. The SMILES string of the molecule is Nc1ncc(-c2ccc(-c3ccccc3[S+]([O-])N3CC4(C3)C[S+]([O-])C4)cc2F)cn1. The van der Waals surface area contributed by atoms with Crippen LogP contribution in [0.1, 0.15) is 0 Å². The second-order valence-corrected chi connectivity index (χ2v) is 10.7. The van der Waals surface area contributed by atoms with E-state index in [9.17, 15) is 13.5 Å². The van der Waals surface area contributed by atoms with Crippen LogP contribution in [0.4, 0.5) is 10.3 Å². The average molecular weight is 443 g/mol. The second kappa shape index (κ2) is 7.51. The van der Waals surface area contributed by atoms with Crippen LogP contribution in [-0.2, 0) is 22.5 Å². The fourth-order valence-corrected chi connectivity index (χ4v) is 7.31. The summed E-state index contributed by atoms with van der Waals surface area (Å²) in [5.74, 6) is 1.11. The first-order valence-electron chi connectivity index (χ1n) is 9.43. The van der Waals surface area contributed by atoms with Gasteiger partial charge in [0.25, 0.3) is 0 Å². The first-order valence-corrected chi connectivity index (χ1v) is 12.0. The van der Waals surface area contributed by atoms with Crippen molar-refractivity contribution in [3.8, 4) is 22.3 Å². The summed E-state index contributed by atoms with van der Waals surface area (Å²) in [6.07, 6.45) is 2.97. The third-order valence-electron chi connectivity index (χ3n) is 5.53. The minimum Gasteiger partial charge on any atom is -0.616 e. The van der Waals surface area contributed by atoms with E-state index < -0.39 is 28.4 Å². The number of anilines is 1. The lowest BCUT2D eigenvalue weighted by atomic mass is 9.85. The van der Waals surface area contributed by atoms with E-state index >= 15 is 0 Å². The predicted octanol–water partition coefficient (Wildman–Crippen LogP) is 2.62. The minimum absolute atomic E-state index is 0.0738. The summed E-state index contributed by atoms with van der Waals surface area (Å²) in [6, 6.07) is 12.3. The van der Waals surface area contributed by atoms with E-state index in [-0.39, 0.29) is 11.4 Å². The van der Waals surface area contributed by atoms with Gasteiger partial charge in [-0.15, -0.1) is 4.31 Å². The van der Waals surface area contributed by atoms with Gasteiger partial charge in [0.1, 0.15) is 17.3 Å². The lowest BCUT2D eigenvalue weighted by Crippen LogP contribution is -2.69. The zero-order chi connectivity index (χ0) is 20.9. The Hall–Kier alpha value is -2.17. The topological polar surface area (TPSA) is 101 Å². The third-order valence-corrected chi connectivity index (χ3v) is 8.86. The van der Waals surface area contributed by atoms with E-state index in [0.29, 0.717) is 46.2 Å². The Kier molecular flexibility index (Phi) is 4.95. The Morgan fingerprint density at radius 1 is 1.03 bits per heavy atom. The Balaban J connectivity index is 1.41. The summed E-state index contributed by atoms with van der Waals surface area (Å²) < 4.78 is 41.4. The monoisotopic (exact) mass is 442 g/mol. The normalized spacial score (nSPS) is 19.3. The molecule has 0 bridgehead atoms. The number of aromatic nitrogens is 2. The molecule has 6 nitrogen and oxygen atoms in total. The highest BCUT2D eigenvalue weighted by Crippen LogP contribution is 2.44. The Morgan fingerprint density at radius 2 is 1.73 bits per heavy atom. The molecule has 3 aromatic rings. The van der Waals surface area contributed by atoms with Crippen LogP contribution >= 0.6 is 0 Å². The maximum Gasteiger partial charge on any atom is 0.219 e. The van der Waals surface area contributed by atoms with E-state index in [0.717, 1.165) is 5.56 Å². The highest BCUT2D eigenvalue weighted by Gasteiger charge is 2.60. The fourth-order valence-electron chi connectivity index (χ4n) is 4.03. The lowest BCUT2D eigenvalue weighted by molar-refractivity contribution is 0.101. The molecule has 2 aliphatic heterocycles. The van der Waals surface area contributed by atoms with Crippen molar-refractivity contribution in [3.05, 3.63) is 60.7 Å². The van der Waals surface area contributed by atoms with E-state index in [2.05, 4.69) is 9.97 Å². The molecule has 0 amide bonds. The lowest BCUT2D eigenvalue weighted by Gasteiger charge is -2.52. The number of halogens is 1. The van der Waals surface area contributed by atoms with E-state index in [1.54, 1.807) is 12.1 Å². The average Bonchev–Trinajstić information content (AvgIpc) is 2.70. The molecule has 2 N–H and O–H groups in total. The van der Waals surface area contributed by atoms with Crippen LogP contribution in [0.5, 0.6) is 0 Å². The Bertz CT molecular complexity index is 1080. The summed E-state index contributed by atoms with van der Waals surface area (Å²) in [5, 5.41) is 0. The molecular formula is C21H19FN4O2S2. The molecule has 9 heteroatoms. The maximum absolute atomic E-state index is 14.9. The van der Waals surface area contributed by atoms with Crippen molar-refractivity contribution in [2.75, 3.05) is 30.3 Å². The number of hydrogen-bond acceptors (Lipinski definition) is 6. The molecule has 2 aromatic carbocycles. The summed E-state index contributed by atoms with van der Waals surface area (Å²) in [6.45, 7) is 1.37. The molecule has 1 aromatic heterocycles. The number of benzene rings is 2. The van der Waals surface area contributed by atoms with Crippen LogP contribution < -0.4 is 5.73 Å². The van der Waals surface area contributed by atoms with Crippen LogP contribution in [0.15, 0.2) is 59.8 Å². The van der Waals surface area contributed by atoms with Crippen LogP contribution in [0.3, 0.4) is 0 Å². The summed E-state index contributed by atoms with van der Waals surface area (Å²) in [5.41, 5.74) is 7.86. The highest BCUT2D eigenvalue weighted by atomic mass is 32.2. The van der Waals surface area contributed by atoms with Crippen molar-refractivity contribution in [1.29, 1.82) is 0 Å². The zero-order valence-electron chi connectivity index (χ0n) is 16.0. The molecular weight excluding hydrogens is 423 g/mol. The second-order valence-electron chi connectivity index (χ2n) is 7.80. The van der Waals surface area contributed by atoms with Crippen molar-refractivity contribution >= 4 is 28.5 Å². The highest BCUT2D eigenvalue weighted by molar-refractivity contribution is 7.93. The smallest absolute Gasteiger partial charge is 0.219 e. The van der Waals surface area contributed by atoms with Gasteiger partial charge in [-0.2, -0.15) is 0 Å². The molecule has 2 fully saturated rings. The molecule has 1 unspecified atom stereocenters. The maximum atomic E-state index is 14.9. The van der Waals surface area contributed by atoms with Gasteiger partial charge in [-0.1, -0.05) is 35.4 Å². The van der Waals surface area contributed by atoms with Gasteiger partial charge in [0.05, 0.1) is 29.9 Å². The standard InChI is InChI=1S/C21H19FN4O2S2/c22-18-7-14(5-6-16(18)15-8-24-20(23)25-9-15)17-3-1-2-4-19(17)30(28)26-10-21(11-26)12-29(27)13-21/h1-9H,10-13H2,(H2,23,24,25). The van der Waals surface area contributed by atoms with Gasteiger partial charge in [-0.25, -0.2) is 14.4 Å². The molecule has 5 rings (SSSR count). The number of rotatable bonds is 4. The van der Waals surface area contributed by atoms with Crippen molar-refractivity contribution in [2.45, 2.75) is 4.90 Å². The van der Waals surface area contributed by atoms with Gasteiger partial charge in [-0.05, 0) is 23.8 Å². The van der Waals surface area contributed by atoms with Crippen LogP contribution in [0.25, 0.3) is 22.3 Å². The molecule has 154 valence electrons. The molecule has 2 aliphatic rings. The van der Waals surface area contributed by atoms with E-state index in [1.807, 2.05) is 28.6 Å². The van der Waals surface area contributed by atoms with Crippen molar-refractivity contribution in [1.82, 2.24) is 14.3 Å². The summed E-state index contributed by atoms with van der Waals surface area (Å²) >= 11 is -2.07. The van der Waals surface area contributed by atoms with Gasteiger partial charge in [0, 0.05) is 29.1 Å². The molecule has 1 atom stereocenters. The summed E-state index contributed by atoms with van der Waals surface area (Å²) in [4.78, 5) is 8.48. The third kappa shape index (κ3) is 3.46. The first-order chi connectivity index (χ1) is 14.4. The zero-order valence-corrected chi connectivity index (χ0v) is 17.6. The van der Waals surface area contributed by atoms with Crippen LogP contribution in [-0.4, -0.2) is 48.0 Å². The van der Waals surface area contributed by atoms with Gasteiger partial charge in [0.2, 0.25) is 5.95 Å². The molecule has 30 heavy (non-hydrogen) atoms. The van der Waals surface area contributed by atoms with Crippen LogP contribution in [0, 0.1) is 11.2 Å². The van der Waals surface area contributed by atoms with Gasteiger partial charge in [-0.3, -0.25) is 0 Å². The number of nitrogen functional groups attached to an aromatic ring is 1. The summed E-state index contributed by atoms with van der Waals surface area (Å²) in [7, 11) is 0. The molecule has 2 saturated heterocycles. The fraction of sp³-hybridized carbons (Fsp3) is 0.238. The van der Waals surface area contributed by atoms with Gasteiger partial charge >= 0.3 is 0 Å². The van der Waals surface area contributed by atoms with Crippen molar-refractivity contribution in [2.24, 2.45) is 5.41 Å². The van der Waals surface area contributed by atoms with Crippen molar-refractivity contribution in [3.63, 3.8) is 0 Å². The van der Waals surface area contributed by atoms with Gasteiger partial charge < -0.3 is 14.8 Å². The minimum atomic E-state index is -1.35. The van der Waals surface area contributed by atoms with Crippen molar-refractivity contribution < 1.29 is 13.5 Å². The Morgan fingerprint density at radius 3 is 2.40 bits per heavy atom. The molecule has 0 aliphatic carbocycles. The number of hydrogen-bond donors (Lipinski definition) is 1. The molecule has 0 saturated carbocycles. The molecule has 3 heterocycles. The van der Waals surface area contributed by atoms with E-state index in [1.165, 1.54) is 18.5 Å². The number of nitrogens with two attached hydrogens (primary N) is 1. The van der Waals surface area contributed by atoms with Crippen LogP contribution in [0.2, 0.25) is 0 Å². The quantitative estimate of drug-likeness (QED) is 0.624. The molecule has 0 radical (unpaired) electrons. The van der Waals surface area contributed by atoms with Gasteiger partial charge in [0.15, 0.2) is 4.90 Å². The van der Waals surface area contributed by atoms with E-state index in [4.69, 9.17) is 5.73 Å². The first kappa shape index (κ1) is 19.8. The largest absolute Gasteiger partial charge is 0.616 e. The Labute approximate surface area is 179 Å². The molecule has 1 spiro atoms. The number of nitrogens with zero attached hydrogens (tertiary/aromatic N) is 3.